The fourth-order valence-electron chi connectivity index (χ4n) is 1.62. The zero-order valence-corrected chi connectivity index (χ0v) is 16.2. The Morgan fingerprint density at radius 1 is 1.38 bits per heavy atom. The number of phosphoric acid groups is 1. The molecule has 0 spiro atoms. The number of benzene rings is 1. The number of amides is 1. The summed E-state index contributed by atoms with van der Waals surface area (Å²) in [6.07, 6.45) is 0. The lowest BCUT2D eigenvalue weighted by molar-refractivity contribution is 0.0986. The third-order valence-corrected chi connectivity index (χ3v) is 4.84. The minimum atomic E-state index is -4.75. The SMILES string of the molecule is O=C(Nc1ccc(Cl)cc1Cl)c1c(Br)c(Cl)nn1COP(=O)(O)O. The molecule has 0 bridgehead atoms. The predicted molar refractivity (Wildman–Crippen MR) is 92.5 cm³/mol. The third kappa shape index (κ3) is 4.93. The Kier molecular flexibility index (Phi) is 6.33. The number of hydrogen-bond donors (Lipinski definition) is 3. The number of rotatable bonds is 5. The molecule has 0 radical (unpaired) electrons. The second-order valence-electron chi connectivity index (χ2n) is 4.28. The third-order valence-electron chi connectivity index (χ3n) is 2.60. The standard InChI is InChI=1S/C11H8BrCl3N3O5P/c12-8-9(18(17-10(8)15)4-23-24(20,21)22)11(19)16-7-2-1-5(13)3-6(7)14/h1-3H,4H2,(H,16,19)(H2,20,21,22). The van der Waals surface area contributed by atoms with E-state index < -0.39 is 20.5 Å². The zero-order chi connectivity index (χ0) is 18.1. The van der Waals surface area contributed by atoms with Gasteiger partial charge in [-0.05, 0) is 34.1 Å². The molecule has 0 aliphatic carbocycles. The summed E-state index contributed by atoms with van der Waals surface area (Å²) < 4.78 is 16.1. The molecule has 1 aromatic carbocycles. The quantitative estimate of drug-likeness (QED) is 0.560. The molecule has 2 aromatic rings. The first-order chi connectivity index (χ1) is 11.1. The predicted octanol–water partition coefficient (Wildman–Crippen LogP) is 3.92. The van der Waals surface area contributed by atoms with Gasteiger partial charge < -0.3 is 15.1 Å². The lowest BCUT2D eigenvalue weighted by Crippen LogP contribution is -2.19. The molecular formula is C11H8BrCl3N3O5P. The second kappa shape index (κ2) is 7.72. The maximum Gasteiger partial charge on any atom is 0.471 e. The number of carbonyl (C=O) groups excluding carboxylic acids is 1. The van der Waals surface area contributed by atoms with Crippen LogP contribution in [0.1, 0.15) is 10.5 Å². The van der Waals surface area contributed by atoms with E-state index >= 15 is 0 Å². The van der Waals surface area contributed by atoms with Crippen molar-refractivity contribution in [2.45, 2.75) is 6.73 Å². The van der Waals surface area contributed by atoms with Gasteiger partial charge in [0.05, 0.1) is 15.2 Å². The number of carbonyl (C=O) groups is 1. The molecule has 0 saturated carbocycles. The molecule has 0 aliphatic heterocycles. The average Bonchev–Trinajstić information content (AvgIpc) is 2.74. The number of nitrogens with zero attached hydrogens (tertiary/aromatic N) is 2. The van der Waals surface area contributed by atoms with Crippen molar-refractivity contribution in [3.8, 4) is 0 Å². The highest BCUT2D eigenvalue weighted by Crippen LogP contribution is 2.37. The van der Waals surface area contributed by atoms with Crippen LogP contribution in [0.4, 0.5) is 5.69 Å². The minimum absolute atomic E-state index is 0.0864. The van der Waals surface area contributed by atoms with Gasteiger partial charge in [-0.3, -0.25) is 9.32 Å². The lowest BCUT2D eigenvalue weighted by Gasteiger charge is -2.11. The molecule has 0 saturated heterocycles. The molecule has 3 N–H and O–H groups in total. The van der Waals surface area contributed by atoms with Gasteiger partial charge in [0.15, 0.2) is 11.9 Å². The summed E-state index contributed by atoms with van der Waals surface area (Å²) in [5, 5.41) is 6.79. The molecule has 1 heterocycles. The van der Waals surface area contributed by atoms with Gasteiger partial charge in [-0.25, -0.2) is 9.25 Å². The summed E-state index contributed by atoms with van der Waals surface area (Å²) in [5.74, 6) is -0.681. The first-order valence-corrected chi connectivity index (χ1v) is 9.42. The molecule has 0 atom stereocenters. The van der Waals surface area contributed by atoms with Gasteiger partial charge in [-0.2, -0.15) is 5.10 Å². The number of hydrogen-bond acceptors (Lipinski definition) is 4. The number of aromatic nitrogens is 2. The largest absolute Gasteiger partial charge is 0.471 e. The van der Waals surface area contributed by atoms with Crippen molar-refractivity contribution in [3.63, 3.8) is 0 Å². The van der Waals surface area contributed by atoms with Gasteiger partial charge in [0.2, 0.25) is 0 Å². The monoisotopic (exact) mass is 477 g/mol. The highest BCUT2D eigenvalue weighted by atomic mass is 79.9. The van der Waals surface area contributed by atoms with E-state index in [0.29, 0.717) is 5.02 Å². The molecule has 1 amide bonds. The van der Waals surface area contributed by atoms with Crippen LogP contribution in [0.2, 0.25) is 15.2 Å². The van der Waals surface area contributed by atoms with E-state index in [2.05, 4.69) is 30.9 Å². The Morgan fingerprint density at radius 2 is 2.04 bits per heavy atom. The van der Waals surface area contributed by atoms with Crippen LogP contribution in [0.25, 0.3) is 0 Å². The van der Waals surface area contributed by atoms with Crippen LogP contribution < -0.4 is 5.32 Å². The molecule has 2 rings (SSSR count). The summed E-state index contributed by atoms with van der Waals surface area (Å²) in [6.45, 7) is -0.688. The Hall–Kier alpha value is -0.640. The number of halogens is 4. The summed E-state index contributed by atoms with van der Waals surface area (Å²) in [4.78, 5) is 29.9. The molecular weight excluding hydrogens is 471 g/mol. The molecule has 130 valence electrons. The fourth-order valence-corrected chi connectivity index (χ4v) is 2.98. The van der Waals surface area contributed by atoms with Crippen LogP contribution in [0.15, 0.2) is 22.7 Å². The topological polar surface area (TPSA) is 114 Å². The Bertz CT molecular complexity index is 841. The Morgan fingerprint density at radius 3 is 2.62 bits per heavy atom. The molecule has 8 nitrogen and oxygen atoms in total. The first-order valence-electron chi connectivity index (χ1n) is 5.97. The van der Waals surface area contributed by atoms with E-state index in [-0.39, 0.29) is 26.0 Å². The summed E-state index contributed by atoms with van der Waals surface area (Å²) >= 11 is 20.7. The summed E-state index contributed by atoms with van der Waals surface area (Å²) in [5.41, 5.74) is 0.164. The van der Waals surface area contributed by atoms with Crippen LogP contribution in [0, 0.1) is 0 Å². The van der Waals surface area contributed by atoms with Gasteiger partial charge in [-0.15, -0.1) is 0 Å². The van der Waals surface area contributed by atoms with E-state index in [1.54, 1.807) is 0 Å². The van der Waals surface area contributed by atoms with Crippen molar-refractivity contribution in [1.82, 2.24) is 9.78 Å². The van der Waals surface area contributed by atoms with Gasteiger partial charge in [-0.1, -0.05) is 34.8 Å². The van der Waals surface area contributed by atoms with Crippen molar-refractivity contribution < 1.29 is 23.7 Å². The van der Waals surface area contributed by atoms with Gasteiger partial charge in [0.25, 0.3) is 5.91 Å². The maximum absolute atomic E-state index is 12.4. The number of phosphoric ester groups is 1. The van der Waals surface area contributed by atoms with Crippen LogP contribution in [-0.2, 0) is 15.8 Å². The van der Waals surface area contributed by atoms with E-state index in [0.717, 1.165) is 4.68 Å². The number of anilines is 1. The highest BCUT2D eigenvalue weighted by molar-refractivity contribution is 9.10. The van der Waals surface area contributed by atoms with Crippen molar-refractivity contribution >= 4 is 70.2 Å². The number of nitrogens with one attached hydrogen (secondary N) is 1. The van der Waals surface area contributed by atoms with E-state index in [4.69, 9.17) is 44.6 Å². The lowest BCUT2D eigenvalue weighted by atomic mass is 10.3. The normalized spacial score (nSPS) is 11.6. The van der Waals surface area contributed by atoms with Crippen molar-refractivity contribution in [2.75, 3.05) is 5.32 Å². The minimum Gasteiger partial charge on any atom is -0.319 e. The molecule has 24 heavy (non-hydrogen) atoms. The molecule has 0 unspecified atom stereocenters. The van der Waals surface area contributed by atoms with Crippen LogP contribution >= 0.6 is 58.6 Å². The van der Waals surface area contributed by atoms with E-state index in [9.17, 15) is 9.36 Å². The van der Waals surface area contributed by atoms with Crippen LogP contribution in [0.3, 0.4) is 0 Å². The van der Waals surface area contributed by atoms with Crippen LogP contribution in [0.5, 0.6) is 0 Å². The molecule has 1 aromatic heterocycles. The van der Waals surface area contributed by atoms with Gasteiger partial charge in [0, 0.05) is 5.02 Å². The summed E-state index contributed by atoms with van der Waals surface area (Å²) in [6, 6.07) is 4.46. The second-order valence-corrected chi connectivity index (χ2v) is 7.51. The average molecular weight is 479 g/mol. The Balaban J connectivity index is 2.29. The first kappa shape index (κ1) is 19.7. The van der Waals surface area contributed by atoms with Crippen LogP contribution in [-0.4, -0.2) is 25.5 Å². The molecule has 0 aliphatic rings. The molecule has 0 fully saturated rings. The molecule has 13 heteroatoms. The highest BCUT2D eigenvalue weighted by Gasteiger charge is 2.24. The Labute approximate surface area is 159 Å². The van der Waals surface area contributed by atoms with Crippen molar-refractivity contribution in [3.05, 3.63) is 43.6 Å². The van der Waals surface area contributed by atoms with E-state index in [1.165, 1.54) is 18.2 Å². The fraction of sp³-hybridized carbons (Fsp3) is 0.0909. The smallest absolute Gasteiger partial charge is 0.319 e. The van der Waals surface area contributed by atoms with Gasteiger partial charge >= 0.3 is 7.82 Å². The van der Waals surface area contributed by atoms with Crippen molar-refractivity contribution in [1.29, 1.82) is 0 Å². The zero-order valence-electron chi connectivity index (χ0n) is 11.4. The van der Waals surface area contributed by atoms with Crippen molar-refractivity contribution in [2.24, 2.45) is 0 Å². The van der Waals surface area contributed by atoms with E-state index in [1.807, 2.05) is 0 Å². The van der Waals surface area contributed by atoms with Gasteiger partial charge in [0.1, 0.15) is 5.69 Å². The summed E-state index contributed by atoms with van der Waals surface area (Å²) in [7, 11) is -4.75. The maximum atomic E-state index is 12.4.